The molecule has 1 amide bonds. The second kappa shape index (κ2) is 9.21. The van der Waals surface area contributed by atoms with E-state index in [9.17, 15) is 13.2 Å². The molecule has 30 heavy (non-hydrogen) atoms. The molecule has 2 rings (SSSR count). The molecule has 0 aliphatic rings. The second-order valence-corrected chi connectivity index (χ2v) is 10.7. The highest BCUT2D eigenvalue weighted by Gasteiger charge is 2.30. The van der Waals surface area contributed by atoms with Gasteiger partial charge in [-0.05, 0) is 54.5 Å². The van der Waals surface area contributed by atoms with Crippen LogP contribution in [0.3, 0.4) is 0 Å². The van der Waals surface area contributed by atoms with Crippen molar-refractivity contribution >= 4 is 21.6 Å². The van der Waals surface area contributed by atoms with Crippen LogP contribution in [-0.2, 0) is 26.7 Å². The molecular formula is C24H34N2O3S. The zero-order valence-corrected chi connectivity index (χ0v) is 19.9. The first-order valence-electron chi connectivity index (χ1n) is 10.3. The summed E-state index contributed by atoms with van der Waals surface area (Å²) in [5.74, 6) is -0.340. The number of aryl methyl sites for hydroxylation is 1. The van der Waals surface area contributed by atoms with Crippen LogP contribution in [0.1, 0.15) is 64.3 Å². The van der Waals surface area contributed by atoms with Gasteiger partial charge in [-0.2, -0.15) is 0 Å². The third kappa shape index (κ3) is 5.85. The number of hydrogen-bond donors (Lipinski definition) is 1. The van der Waals surface area contributed by atoms with E-state index in [1.54, 1.807) is 19.1 Å². The standard InChI is InChI=1S/C24H34N2O3S/c1-8-19-9-15-22(16-10-19)26(30(7,28)29)18(3)23(27)25-17(2)20-11-13-21(14-12-20)24(4,5)6/h9-18H,8H2,1-7H3,(H,25,27)/t17-,18+/m0/s1. The summed E-state index contributed by atoms with van der Waals surface area (Å²) < 4.78 is 26.1. The van der Waals surface area contributed by atoms with Crippen molar-refractivity contribution in [2.75, 3.05) is 10.6 Å². The molecule has 0 aromatic heterocycles. The normalized spacial score (nSPS) is 14.1. The van der Waals surface area contributed by atoms with E-state index in [1.165, 1.54) is 9.87 Å². The molecular weight excluding hydrogens is 396 g/mol. The minimum Gasteiger partial charge on any atom is -0.348 e. The Morgan fingerprint density at radius 3 is 1.97 bits per heavy atom. The molecule has 0 fully saturated rings. The summed E-state index contributed by atoms with van der Waals surface area (Å²) in [6, 6.07) is 14.3. The average molecular weight is 431 g/mol. The molecule has 6 heteroatoms. The van der Waals surface area contributed by atoms with E-state index < -0.39 is 16.1 Å². The molecule has 0 heterocycles. The molecule has 2 aromatic carbocycles. The van der Waals surface area contributed by atoms with Gasteiger partial charge < -0.3 is 5.32 Å². The van der Waals surface area contributed by atoms with E-state index in [1.807, 2.05) is 38.1 Å². The lowest BCUT2D eigenvalue weighted by Gasteiger charge is -2.29. The highest BCUT2D eigenvalue weighted by Crippen LogP contribution is 2.25. The maximum Gasteiger partial charge on any atom is 0.244 e. The molecule has 5 nitrogen and oxygen atoms in total. The SMILES string of the molecule is CCc1ccc(N([C@H](C)C(=O)N[C@@H](C)c2ccc(C(C)(C)C)cc2)S(C)(=O)=O)cc1. The highest BCUT2D eigenvalue weighted by atomic mass is 32.2. The van der Waals surface area contributed by atoms with E-state index in [-0.39, 0.29) is 17.4 Å². The molecule has 0 aliphatic heterocycles. The van der Waals surface area contributed by atoms with Crippen molar-refractivity contribution < 1.29 is 13.2 Å². The molecule has 0 unspecified atom stereocenters. The summed E-state index contributed by atoms with van der Waals surface area (Å²) in [6.45, 7) is 12.0. The Morgan fingerprint density at radius 1 is 1.00 bits per heavy atom. The number of nitrogens with one attached hydrogen (secondary N) is 1. The summed E-state index contributed by atoms with van der Waals surface area (Å²) in [6.07, 6.45) is 1.99. The van der Waals surface area contributed by atoms with Crippen molar-refractivity contribution in [3.63, 3.8) is 0 Å². The van der Waals surface area contributed by atoms with Crippen LogP contribution in [0.25, 0.3) is 0 Å². The highest BCUT2D eigenvalue weighted by molar-refractivity contribution is 7.92. The van der Waals surface area contributed by atoms with Crippen LogP contribution in [0, 0.1) is 0 Å². The fourth-order valence-electron chi connectivity index (χ4n) is 3.38. The summed E-state index contributed by atoms with van der Waals surface area (Å²) in [4.78, 5) is 12.9. The van der Waals surface area contributed by atoms with Crippen LogP contribution in [0.5, 0.6) is 0 Å². The number of nitrogens with zero attached hydrogens (tertiary/aromatic N) is 1. The predicted octanol–water partition coefficient (Wildman–Crippen LogP) is 4.58. The van der Waals surface area contributed by atoms with Crippen molar-refractivity contribution in [2.24, 2.45) is 0 Å². The maximum atomic E-state index is 12.9. The molecule has 0 radical (unpaired) electrons. The van der Waals surface area contributed by atoms with Gasteiger partial charge in [0.15, 0.2) is 0 Å². The number of carbonyl (C=O) groups is 1. The van der Waals surface area contributed by atoms with Crippen molar-refractivity contribution in [3.05, 3.63) is 65.2 Å². The van der Waals surface area contributed by atoms with Gasteiger partial charge in [-0.1, -0.05) is 64.1 Å². The lowest BCUT2D eigenvalue weighted by atomic mass is 9.86. The Bertz CT molecular complexity index is 959. The lowest BCUT2D eigenvalue weighted by Crippen LogP contribution is -2.48. The quantitative estimate of drug-likeness (QED) is 0.699. The van der Waals surface area contributed by atoms with Gasteiger partial charge in [-0.25, -0.2) is 8.42 Å². The summed E-state index contributed by atoms with van der Waals surface area (Å²) in [7, 11) is -3.63. The summed E-state index contributed by atoms with van der Waals surface area (Å²) in [5.41, 5.74) is 3.85. The van der Waals surface area contributed by atoms with Crippen LogP contribution >= 0.6 is 0 Å². The molecule has 1 N–H and O–H groups in total. The Kier molecular flexibility index (Phi) is 7.35. The number of carbonyl (C=O) groups excluding carboxylic acids is 1. The maximum absolute atomic E-state index is 12.9. The van der Waals surface area contributed by atoms with Gasteiger partial charge in [-0.3, -0.25) is 9.10 Å². The second-order valence-electron chi connectivity index (χ2n) is 8.86. The monoisotopic (exact) mass is 430 g/mol. The van der Waals surface area contributed by atoms with Crippen molar-refractivity contribution in [3.8, 4) is 0 Å². The molecule has 164 valence electrons. The zero-order valence-electron chi connectivity index (χ0n) is 19.1. The smallest absolute Gasteiger partial charge is 0.244 e. The predicted molar refractivity (Wildman–Crippen MR) is 124 cm³/mol. The molecule has 2 atom stereocenters. The van der Waals surface area contributed by atoms with Crippen LogP contribution in [0.15, 0.2) is 48.5 Å². The molecule has 0 spiro atoms. The number of benzene rings is 2. The van der Waals surface area contributed by atoms with Crippen molar-refractivity contribution in [1.29, 1.82) is 0 Å². The number of rotatable bonds is 7. The number of anilines is 1. The van der Waals surface area contributed by atoms with E-state index in [2.05, 4.69) is 38.2 Å². The number of hydrogen-bond acceptors (Lipinski definition) is 3. The van der Waals surface area contributed by atoms with Crippen LogP contribution in [0.2, 0.25) is 0 Å². The molecule has 0 aliphatic carbocycles. The number of sulfonamides is 1. The van der Waals surface area contributed by atoms with E-state index in [0.717, 1.165) is 23.8 Å². The van der Waals surface area contributed by atoms with Gasteiger partial charge in [0.05, 0.1) is 18.0 Å². The first-order chi connectivity index (χ1) is 13.8. The fourth-order valence-corrected chi connectivity index (χ4v) is 4.55. The molecule has 2 aromatic rings. The van der Waals surface area contributed by atoms with Crippen LogP contribution in [0.4, 0.5) is 5.69 Å². The topological polar surface area (TPSA) is 66.5 Å². The van der Waals surface area contributed by atoms with Crippen molar-refractivity contribution in [1.82, 2.24) is 5.32 Å². The summed E-state index contributed by atoms with van der Waals surface area (Å²) in [5, 5.41) is 2.95. The Hall–Kier alpha value is -2.34. The van der Waals surface area contributed by atoms with Crippen LogP contribution in [-0.4, -0.2) is 26.6 Å². The lowest BCUT2D eigenvalue weighted by molar-refractivity contribution is -0.122. The van der Waals surface area contributed by atoms with Gasteiger partial charge in [-0.15, -0.1) is 0 Å². The Morgan fingerprint density at radius 2 is 1.53 bits per heavy atom. The van der Waals surface area contributed by atoms with Gasteiger partial charge >= 0.3 is 0 Å². The van der Waals surface area contributed by atoms with Crippen LogP contribution < -0.4 is 9.62 Å². The molecule has 0 saturated carbocycles. The Balaban J connectivity index is 2.20. The first-order valence-corrected chi connectivity index (χ1v) is 12.2. The van der Waals surface area contributed by atoms with E-state index in [4.69, 9.17) is 0 Å². The third-order valence-electron chi connectivity index (χ3n) is 5.32. The largest absolute Gasteiger partial charge is 0.348 e. The fraction of sp³-hybridized carbons (Fsp3) is 0.458. The third-order valence-corrected chi connectivity index (χ3v) is 6.56. The van der Waals surface area contributed by atoms with Gasteiger partial charge in [0.25, 0.3) is 0 Å². The minimum atomic E-state index is -3.63. The van der Waals surface area contributed by atoms with E-state index in [0.29, 0.717) is 5.69 Å². The first kappa shape index (κ1) is 23.9. The zero-order chi connectivity index (χ0) is 22.7. The summed E-state index contributed by atoms with van der Waals surface area (Å²) >= 11 is 0. The molecule has 0 saturated heterocycles. The molecule has 0 bridgehead atoms. The Labute approximate surface area is 181 Å². The minimum absolute atomic E-state index is 0.0584. The van der Waals surface area contributed by atoms with Gasteiger partial charge in [0.1, 0.15) is 6.04 Å². The van der Waals surface area contributed by atoms with Crippen molar-refractivity contribution in [2.45, 2.75) is 65.5 Å². The van der Waals surface area contributed by atoms with Gasteiger partial charge in [0.2, 0.25) is 15.9 Å². The average Bonchev–Trinajstić information content (AvgIpc) is 2.66. The van der Waals surface area contributed by atoms with E-state index >= 15 is 0 Å². The van der Waals surface area contributed by atoms with Gasteiger partial charge in [0, 0.05) is 0 Å². The number of amides is 1.